The first-order valence-corrected chi connectivity index (χ1v) is 20.3. The van der Waals surface area contributed by atoms with Crippen LogP contribution in [0.1, 0.15) is 161 Å². The molecule has 0 heterocycles. The van der Waals surface area contributed by atoms with Crippen molar-refractivity contribution >= 4 is 31.8 Å². The summed E-state index contributed by atoms with van der Waals surface area (Å²) in [7, 11) is -3.86. The molecule has 0 aliphatic rings. The molecule has 0 bridgehead atoms. The number of rotatable bonds is 34. The Hall–Kier alpha value is 0.440. The number of carbonyl (C=O) groups is 2. The van der Waals surface area contributed by atoms with E-state index in [-0.39, 0.29) is 42.1 Å². The van der Waals surface area contributed by atoms with Crippen molar-refractivity contribution in [2.75, 3.05) is 31.4 Å². The second-order valence-corrected chi connectivity index (χ2v) is 14.7. The van der Waals surface area contributed by atoms with Crippen LogP contribution in [-0.2, 0) is 28.2 Å². The first-order chi connectivity index (χ1) is 20.4. The van der Waals surface area contributed by atoms with Crippen LogP contribution in [0.4, 0.5) is 0 Å². The van der Waals surface area contributed by atoms with Crippen LogP contribution in [0.3, 0.4) is 0 Å². The largest absolute Gasteiger partial charge is 1.00 e. The molecule has 250 valence electrons. The normalized spacial score (nSPS) is 13.2. The summed E-state index contributed by atoms with van der Waals surface area (Å²) < 4.78 is 26.8. The molecule has 0 aliphatic carbocycles. The fourth-order valence-electron chi connectivity index (χ4n) is 4.93. The van der Waals surface area contributed by atoms with Gasteiger partial charge < -0.3 is 23.5 Å². The molecular formula is C33H64NaO7PS. The van der Waals surface area contributed by atoms with Gasteiger partial charge in [-0.3, -0.25) is 9.59 Å². The molecule has 43 heavy (non-hydrogen) atoms. The molecule has 0 saturated carbocycles. The maximum Gasteiger partial charge on any atom is 1.00 e. The zero-order valence-electron chi connectivity index (χ0n) is 28.2. The average Bonchev–Trinajstić information content (AvgIpc) is 2.95. The molecule has 1 unspecified atom stereocenters. The van der Waals surface area contributed by atoms with E-state index in [0.717, 1.165) is 50.9 Å². The van der Waals surface area contributed by atoms with Crippen molar-refractivity contribution in [2.45, 2.75) is 167 Å². The third-order valence-electron chi connectivity index (χ3n) is 7.45. The molecule has 0 spiro atoms. The Morgan fingerprint density at radius 2 is 1.19 bits per heavy atom. The molecule has 0 N–H and O–H groups in total. The van der Waals surface area contributed by atoms with Crippen molar-refractivity contribution in [1.82, 2.24) is 0 Å². The molecular weight excluding hydrogens is 594 g/mol. The minimum Gasteiger partial charge on any atom is -0.779 e. The molecule has 0 aromatic heterocycles. The van der Waals surface area contributed by atoms with E-state index in [2.05, 4.69) is 6.92 Å². The predicted molar refractivity (Wildman–Crippen MR) is 175 cm³/mol. The van der Waals surface area contributed by atoms with Crippen LogP contribution >= 0.6 is 19.4 Å². The van der Waals surface area contributed by atoms with Gasteiger partial charge in [-0.2, -0.15) is 11.8 Å². The Kier molecular flexibility index (Phi) is 37.4. The first-order valence-electron chi connectivity index (χ1n) is 17.1. The molecule has 0 aliphatic heterocycles. The Balaban J connectivity index is 0. The number of carbonyl (C=O) groups excluding carboxylic acids is 2. The van der Waals surface area contributed by atoms with Gasteiger partial charge in [-0.05, 0) is 25.0 Å². The topological polar surface area (TPSA) is 102 Å². The molecule has 0 fully saturated rings. The van der Waals surface area contributed by atoms with Crippen LogP contribution < -0.4 is 34.5 Å². The summed E-state index contributed by atoms with van der Waals surface area (Å²) in [6.45, 7) is 4.26. The summed E-state index contributed by atoms with van der Waals surface area (Å²) in [6, 6.07) is 0. The zero-order valence-corrected chi connectivity index (χ0v) is 31.9. The summed E-state index contributed by atoms with van der Waals surface area (Å²) >= 11 is 1.70. The van der Waals surface area contributed by atoms with Gasteiger partial charge in [0.1, 0.15) is 13.7 Å². The second-order valence-electron chi connectivity index (χ2n) is 11.7. The van der Waals surface area contributed by atoms with Gasteiger partial charge in [0.2, 0.25) is 0 Å². The Labute approximate surface area is 291 Å². The van der Waals surface area contributed by atoms with Gasteiger partial charge in [0.05, 0.1) is 13.2 Å². The minimum absolute atomic E-state index is 0. The Morgan fingerprint density at radius 3 is 1.65 bits per heavy atom. The number of hydrogen-bond acceptors (Lipinski definition) is 8. The quantitative estimate of drug-likeness (QED) is 0.0258. The van der Waals surface area contributed by atoms with Crippen molar-refractivity contribution in [3.63, 3.8) is 0 Å². The standard InChI is InChI=1S/C33H65O7PS.Na/c1-3-4-5-6-7-8-9-10-11-14-17-20-23-26-33(35)40-32(29-39-41(2,36)37)30-42-28-25-22-19-16-13-12-15-18-21-24-27-38-31-34;/h31-32H,3-30H2,1-2H3,(H,36,37);/q;+1/p-1/t32-;/m1./s1. The predicted octanol–water partition coefficient (Wildman–Crippen LogP) is 6.39. The summed E-state index contributed by atoms with van der Waals surface area (Å²) in [5.74, 6) is 1.28. The van der Waals surface area contributed by atoms with Gasteiger partial charge in [-0.25, -0.2) is 0 Å². The van der Waals surface area contributed by atoms with Crippen LogP contribution in [0.2, 0.25) is 0 Å². The van der Waals surface area contributed by atoms with Crippen molar-refractivity contribution in [1.29, 1.82) is 0 Å². The minimum atomic E-state index is -3.86. The van der Waals surface area contributed by atoms with Crippen LogP contribution in [0.25, 0.3) is 0 Å². The maximum absolute atomic E-state index is 12.4. The van der Waals surface area contributed by atoms with Crippen LogP contribution in [0.5, 0.6) is 0 Å². The van der Waals surface area contributed by atoms with Gasteiger partial charge in [0, 0.05) is 18.8 Å². The molecule has 0 saturated heterocycles. The molecule has 2 atom stereocenters. The summed E-state index contributed by atoms with van der Waals surface area (Å²) in [6.07, 6.45) is 28.0. The molecule has 0 aromatic carbocycles. The monoisotopic (exact) mass is 658 g/mol. The zero-order chi connectivity index (χ0) is 31.0. The Morgan fingerprint density at radius 1 is 0.744 bits per heavy atom. The molecule has 0 radical (unpaired) electrons. The van der Waals surface area contributed by atoms with Gasteiger partial charge in [0.15, 0.2) is 0 Å². The van der Waals surface area contributed by atoms with E-state index in [1.807, 2.05) is 0 Å². The van der Waals surface area contributed by atoms with Gasteiger partial charge >= 0.3 is 35.5 Å². The van der Waals surface area contributed by atoms with E-state index < -0.39 is 13.7 Å². The summed E-state index contributed by atoms with van der Waals surface area (Å²) in [4.78, 5) is 34.0. The second kappa shape index (κ2) is 35.3. The van der Waals surface area contributed by atoms with Crippen molar-refractivity contribution in [3.8, 4) is 0 Å². The number of ether oxygens (including phenoxy) is 2. The number of unbranched alkanes of at least 4 members (excludes halogenated alkanes) is 21. The number of hydrogen-bond donors (Lipinski definition) is 0. The van der Waals surface area contributed by atoms with Gasteiger partial charge in [0.25, 0.3) is 6.47 Å². The van der Waals surface area contributed by atoms with E-state index in [0.29, 0.717) is 25.3 Å². The van der Waals surface area contributed by atoms with Crippen molar-refractivity contribution in [3.05, 3.63) is 0 Å². The third kappa shape index (κ3) is 38.5. The molecule has 10 heteroatoms. The van der Waals surface area contributed by atoms with Crippen LogP contribution in [-0.4, -0.2) is 49.9 Å². The Bertz CT molecular complexity index is 651. The number of esters is 1. The van der Waals surface area contributed by atoms with Crippen LogP contribution in [0.15, 0.2) is 0 Å². The first kappa shape index (κ1) is 45.6. The smallest absolute Gasteiger partial charge is 0.779 e. The summed E-state index contributed by atoms with van der Waals surface area (Å²) in [5, 5.41) is 0. The van der Waals surface area contributed by atoms with Gasteiger partial charge in [-0.1, -0.05) is 135 Å². The SMILES string of the molecule is CCCCCCCCCCCCCCCC(=O)O[C@H](COP(C)(=O)[O-])CSCCCCCCCCCCCCOC=O.[Na+]. The van der Waals surface area contributed by atoms with E-state index in [1.54, 1.807) is 11.8 Å². The van der Waals surface area contributed by atoms with E-state index >= 15 is 0 Å². The third-order valence-corrected chi connectivity index (χ3v) is 9.25. The molecule has 7 nitrogen and oxygen atoms in total. The molecule has 0 aromatic rings. The fraction of sp³-hybridized carbons (Fsp3) is 0.939. The summed E-state index contributed by atoms with van der Waals surface area (Å²) in [5.41, 5.74) is 0. The van der Waals surface area contributed by atoms with E-state index in [1.165, 1.54) is 109 Å². The van der Waals surface area contributed by atoms with Gasteiger partial charge in [-0.15, -0.1) is 0 Å². The molecule has 0 rings (SSSR count). The van der Waals surface area contributed by atoms with Crippen molar-refractivity contribution < 1.29 is 62.6 Å². The maximum atomic E-state index is 12.4. The molecule has 0 amide bonds. The van der Waals surface area contributed by atoms with Crippen LogP contribution in [0, 0.1) is 0 Å². The average molecular weight is 659 g/mol. The van der Waals surface area contributed by atoms with Crippen molar-refractivity contribution in [2.24, 2.45) is 0 Å². The van der Waals surface area contributed by atoms with E-state index in [9.17, 15) is 19.0 Å². The number of thioether (sulfide) groups is 1. The van der Waals surface area contributed by atoms with E-state index in [4.69, 9.17) is 14.0 Å². The fourth-order valence-corrected chi connectivity index (χ4v) is 6.37.